The van der Waals surface area contributed by atoms with Crippen LogP contribution in [-0.4, -0.2) is 39.3 Å². The summed E-state index contributed by atoms with van der Waals surface area (Å²) in [6.07, 6.45) is -0.0355. The monoisotopic (exact) mass is 269 g/mol. The molecule has 6 heteroatoms. The van der Waals surface area contributed by atoms with Crippen molar-refractivity contribution in [3.63, 3.8) is 0 Å². The third-order valence-corrected chi connectivity index (χ3v) is 3.17. The largest absolute Gasteiger partial charge is 0.447 e. The van der Waals surface area contributed by atoms with Crippen molar-refractivity contribution in [1.82, 2.24) is 4.90 Å². The van der Waals surface area contributed by atoms with Crippen molar-refractivity contribution >= 4 is 29.3 Å². The summed E-state index contributed by atoms with van der Waals surface area (Å²) in [4.78, 5) is 12.9. The van der Waals surface area contributed by atoms with E-state index in [2.05, 4.69) is 0 Å². The van der Waals surface area contributed by atoms with Crippen LogP contribution in [0.1, 0.15) is 33.1 Å². The van der Waals surface area contributed by atoms with Gasteiger partial charge in [-0.05, 0) is 33.1 Å². The first kappa shape index (κ1) is 13.9. The van der Waals surface area contributed by atoms with E-state index in [0.717, 1.165) is 12.8 Å². The highest BCUT2D eigenvalue weighted by molar-refractivity contribution is 6.48. The molecular weight excluding hydrogens is 253 g/mol. The molecular formula is C10H17Cl2NO3. The molecule has 0 radical (unpaired) electrons. The Labute approximate surface area is 105 Å². The van der Waals surface area contributed by atoms with Gasteiger partial charge in [-0.3, -0.25) is 4.90 Å². The molecule has 0 aromatic heterocycles. The van der Waals surface area contributed by atoms with Crippen molar-refractivity contribution in [2.45, 2.75) is 49.8 Å². The fourth-order valence-electron chi connectivity index (χ4n) is 1.58. The number of likely N-dealkylation sites (tertiary alicyclic amines) is 1. The molecule has 0 aromatic rings. The van der Waals surface area contributed by atoms with Crippen LogP contribution in [0.15, 0.2) is 0 Å². The minimum absolute atomic E-state index is 0.233. The second kappa shape index (κ2) is 5.43. The van der Waals surface area contributed by atoms with Crippen molar-refractivity contribution in [3.8, 4) is 0 Å². The Kier molecular flexibility index (Phi) is 4.71. The third-order valence-electron chi connectivity index (χ3n) is 2.40. The first-order valence-corrected chi connectivity index (χ1v) is 6.13. The molecule has 94 valence electrons. The normalized spacial score (nSPS) is 25.4. The molecule has 0 saturated carbocycles. The van der Waals surface area contributed by atoms with E-state index in [1.54, 1.807) is 13.8 Å². The van der Waals surface area contributed by atoms with Gasteiger partial charge >= 0.3 is 6.09 Å². The number of halogens is 2. The van der Waals surface area contributed by atoms with Gasteiger partial charge in [0.15, 0.2) is 10.6 Å². The van der Waals surface area contributed by atoms with E-state index >= 15 is 0 Å². The first-order chi connectivity index (χ1) is 7.34. The van der Waals surface area contributed by atoms with Gasteiger partial charge in [0.05, 0.1) is 6.10 Å². The van der Waals surface area contributed by atoms with Gasteiger partial charge in [-0.15, -0.1) is 0 Å². The van der Waals surface area contributed by atoms with Gasteiger partial charge in [0.2, 0.25) is 0 Å². The predicted octanol–water partition coefficient (Wildman–Crippen LogP) is 2.51. The highest BCUT2D eigenvalue weighted by Gasteiger charge is 2.42. The Morgan fingerprint density at radius 2 is 2.12 bits per heavy atom. The van der Waals surface area contributed by atoms with E-state index in [1.807, 2.05) is 0 Å². The second-order valence-electron chi connectivity index (χ2n) is 4.22. The van der Waals surface area contributed by atoms with Gasteiger partial charge in [0.25, 0.3) is 0 Å². The van der Waals surface area contributed by atoms with Crippen molar-refractivity contribution in [2.75, 3.05) is 6.54 Å². The van der Waals surface area contributed by atoms with Gasteiger partial charge in [-0.1, -0.05) is 23.2 Å². The number of hydrogen-bond acceptors (Lipinski definition) is 3. The molecule has 1 atom stereocenters. The molecule has 0 aromatic carbocycles. The molecule has 1 aliphatic rings. The van der Waals surface area contributed by atoms with E-state index in [9.17, 15) is 9.90 Å². The SMILES string of the molecule is CC(C)OC(=O)N1CCCCC(Cl)(Cl)C1O. The van der Waals surface area contributed by atoms with Crippen LogP contribution < -0.4 is 0 Å². The number of ether oxygens (including phenoxy) is 1. The number of carbonyl (C=O) groups excluding carboxylic acids is 1. The zero-order valence-corrected chi connectivity index (χ0v) is 11.0. The molecule has 16 heavy (non-hydrogen) atoms. The van der Waals surface area contributed by atoms with Crippen LogP contribution in [0, 0.1) is 0 Å². The Balaban J connectivity index is 2.73. The van der Waals surface area contributed by atoms with E-state index in [1.165, 1.54) is 4.90 Å². The number of amides is 1. The number of aliphatic hydroxyl groups is 1. The van der Waals surface area contributed by atoms with Crippen LogP contribution >= 0.6 is 23.2 Å². The first-order valence-electron chi connectivity index (χ1n) is 5.38. The van der Waals surface area contributed by atoms with Crippen LogP contribution in [0.3, 0.4) is 0 Å². The predicted molar refractivity (Wildman–Crippen MR) is 62.6 cm³/mol. The van der Waals surface area contributed by atoms with Crippen molar-refractivity contribution < 1.29 is 14.6 Å². The maximum Gasteiger partial charge on any atom is 0.412 e. The summed E-state index contributed by atoms with van der Waals surface area (Å²) < 4.78 is 3.71. The van der Waals surface area contributed by atoms with E-state index < -0.39 is 16.7 Å². The van der Waals surface area contributed by atoms with Crippen molar-refractivity contribution in [2.24, 2.45) is 0 Å². The summed E-state index contributed by atoms with van der Waals surface area (Å²) in [5.41, 5.74) is 0. The number of carbonyl (C=O) groups is 1. The van der Waals surface area contributed by atoms with Gasteiger partial charge in [-0.25, -0.2) is 4.79 Å². The average molecular weight is 270 g/mol. The van der Waals surface area contributed by atoms with Crippen LogP contribution in [0.25, 0.3) is 0 Å². The molecule has 1 fully saturated rings. The fraction of sp³-hybridized carbons (Fsp3) is 0.900. The van der Waals surface area contributed by atoms with Crippen molar-refractivity contribution in [1.29, 1.82) is 0 Å². The van der Waals surface area contributed by atoms with Crippen LogP contribution in [-0.2, 0) is 4.74 Å². The average Bonchev–Trinajstić information content (AvgIpc) is 2.26. The molecule has 0 spiro atoms. The lowest BCUT2D eigenvalue weighted by molar-refractivity contribution is -0.0125. The minimum Gasteiger partial charge on any atom is -0.447 e. The molecule has 1 saturated heterocycles. The summed E-state index contributed by atoms with van der Waals surface area (Å²) in [5.74, 6) is 0. The zero-order valence-electron chi connectivity index (χ0n) is 9.45. The third kappa shape index (κ3) is 3.40. The maximum atomic E-state index is 11.7. The highest BCUT2D eigenvalue weighted by Crippen LogP contribution is 2.35. The van der Waals surface area contributed by atoms with Crippen LogP contribution in [0.5, 0.6) is 0 Å². The summed E-state index contributed by atoms with van der Waals surface area (Å²) >= 11 is 11.9. The number of alkyl halides is 2. The number of nitrogens with zero attached hydrogens (tertiary/aromatic N) is 1. The molecule has 1 unspecified atom stereocenters. The summed E-state index contributed by atoms with van der Waals surface area (Å²) in [5, 5.41) is 9.92. The molecule has 1 amide bonds. The fourth-order valence-corrected chi connectivity index (χ4v) is 2.09. The topological polar surface area (TPSA) is 49.8 Å². The quantitative estimate of drug-likeness (QED) is 0.745. The van der Waals surface area contributed by atoms with Gasteiger partial charge in [0, 0.05) is 6.54 Å². The second-order valence-corrected chi connectivity index (χ2v) is 5.76. The molecule has 0 bridgehead atoms. The standard InChI is InChI=1S/C10H17Cl2NO3/c1-7(2)16-9(15)13-6-4-3-5-10(11,12)8(13)14/h7-8,14H,3-6H2,1-2H3. The molecule has 4 nitrogen and oxygen atoms in total. The van der Waals surface area contributed by atoms with Gasteiger partial charge in [-0.2, -0.15) is 0 Å². The molecule has 1 N–H and O–H groups in total. The molecule has 1 heterocycles. The maximum absolute atomic E-state index is 11.7. The summed E-state index contributed by atoms with van der Waals surface area (Å²) in [6.45, 7) is 3.90. The minimum atomic E-state index is -1.31. The molecule has 0 aliphatic carbocycles. The highest BCUT2D eigenvalue weighted by atomic mass is 35.5. The summed E-state index contributed by atoms with van der Waals surface area (Å²) in [7, 11) is 0. The lowest BCUT2D eigenvalue weighted by atomic mass is 10.2. The molecule has 1 aliphatic heterocycles. The van der Waals surface area contributed by atoms with Crippen LogP contribution in [0.2, 0.25) is 0 Å². The van der Waals surface area contributed by atoms with E-state index in [0.29, 0.717) is 13.0 Å². The van der Waals surface area contributed by atoms with E-state index in [4.69, 9.17) is 27.9 Å². The lowest BCUT2D eigenvalue weighted by Gasteiger charge is -2.32. The van der Waals surface area contributed by atoms with Crippen molar-refractivity contribution in [3.05, 3.63) is 0 Å². The van der Waals surface area contributed by atoms with Gasteiger partial charge < -0.3 is 9.84 Å². The Morgan fingerprint density at radius 3 is 2.69 bits per heavy atom. The Bertz CT molecular complexity index is 258. The summed E-state index contributed by atoms with van der Waals surface area (Å²) in [6, 6.07) is 0. The van der Waals surface area contributed by atoms with Gasteiger partial charge in [0.1, 0.15) is 0 Å². The van der Waals surface area contributed by atoms with Crippen LogP contribution in [0.4, 0.5) is 4.79 Å². The zero-order chi connectivity index (χ0) is 12.3. The Hall–Kier alpha value is -0.190. The number of aliphatic hydroxyl groups excluding tert-OH is 1. The lowest BCUT2D eigenvalue weighted by Crippen LogP contribution is -2.49. The molecule has 1 rings (SSSR count). The van der Waals surface area contributed by atoms with E-state index in [-0.39, 0.29) is 6.10 Å². The smallest absolute Gasteiger partial charge is 0.412 e. The Morgan fingerprint density at radius 1 is 1.50 bits per heavy atom. The number of hydrogen-bond donors (Lipinski definition) is 1. The number of rotatable bonds is 1.